The summed E-state index contributed by atoms with van der Waals surface area (Å²) in [7, 11) is 0. The van der Waals surface area contributed by atoms with Gasteiger partial charge in [0.2, 0.25) is 0 Å². The summed E-state index contributed by atoms with van der Waals surface area (Å²) in [6.07, 6.45) is -4.06. The number of hydrogen-bond acceptors (Lipinski definition) is 4. The normalized spacial score (nSPS) is 14.4. The van der Waals surface area contributed by atoms with Crippen molar-refractivity contribution in [2.75, 3.05) is 13.2 Å². The molecule has 0 amide bonds. The predicted octanol–water partition coefficient (Wildman–Crippen LogP) is 3.73. The lowest BCUT2D eigenvalue weighted by Crippen LogP contribution is -2.35. The van der Waals surface area contributed by atoms with Crippen LogP contribution in [0.25, 0.3) is 0 Å². The van der Waals surface area contributed by atoms with Gasteiger partial charge in [0, 0.05) is 0 Å². The van der Waals surface area contributed by atoms with Crippen molar-refractivity contribution < 1.29 is 32.2 Å². The Kier molecular flexibility index (Phi) is 6.91. The molecule has 0 aromatic carbocycles. The van der Waals surface area contributed by atoms with Crippen LogP contribution in [0.5, 0.6) is 0 Å². The van der Waals surface area contributed by atoms with Crippen LogP contribution in [0.2, 0.25) is 0 Å². The first-order chi connectivity index (χ1) is 9.62. The van der Waals surface area contributed by atoms with E-state index in [1.807, 2.05) is 41.5 Å². The molecule has 4 nitrogen and oxygen atoms in total. The van der Waals surface area contributed by atoms with Crippen LogP contribution in [-0.2, 0) is 19.1 Å². The van der Waals surface area contributed by atoms with Gasteiger partial charge in [-0.3, -0.25) is 4.79 Å². The zero-order chi connectivity index (χ0) is 17.8. The summed E-state index contributed by atoms with van der Waals surface area (Å²) in [6, 6.07) is 0. The fourth-order valence-electron chi connectivity index (χ4n) is 1.79. The van der Waals surface area contributed by atoms with Crippen molar-refractivity contribution in [2.45, 2.75) is 54.1 Å². The Morgan fingerprint density at radius 2 is 1.45 bits per heavy atom. The molecular weight excluding hydrogens is 301 g/mol. The summed E-state index contributed by atoms with van der Waals surface area (Å²) in [5.41, 5.74) is -0.520. The third-order valence-electron chi connectivity index (χ3n) is 2.88. The number of carbonyl (C=O) groups excluding carboxylic acids is 2. The van der Waals surface area contributed by atoms with Gasteiger partial charge < -0.3 is 9.47 Å². The van der Waals surface area contributed by atoms with Gasteiger partial charge in [0.15, 0.2) is 13.2 Å². The highest BCUT2D eigenvalue weighted by Crippen LogP contribution is 2.36. The van der Waals surface area contributed by atoms with Gasteiger partial charge >= 0.3 is 18.1 Å². The maximum atomic E-state index is 12.1. The molecule has 0 radical (unpaired) electrons. The van der Waals surface area contributed by atoms with Crippen LogP contribution in [0.15, 0.2) is 0 Å². The largest absolute Gasteiger partial charge is 0.454 e. The SMILES string of the molecule is CC(C)(C)CC(C(=O)OCC(=O)OCC(F)(F)F)C(C)(C)C. The van der Waals surface area contributed by atoms with E-state index in [0.29, 0.717) is 6.42 Å². The summed E-state index contributed by atoms with van der Waals surface area (Å²) in [6.45, 7) is 9.01. The molecule has 7 heteroatoms. The minimum absolute atomic E-state index is 0.131. The van der Waals surface area contributed by atoms with E-state index in [4.69, 9.17) is 4.74 Å². The molecule has 0 heterocycles. The molecule has 0 aliphatic heterocycles. The van der Waals surface area contributed by atoms with Gasteiger partial charge in [0.05, 0.1) is 5.92 Å². The van der Waals surface area contributed by atoms with Crippen molar-refractivity contribution in [2.24, 2.45) is 16.7 Å². The Morgan fingerprint density at radius 3 is 1.82 bits per heavy atom. The van der Waals surface area contributed by atoms with Crippen LogP contribution in [0.4, 0.5) is 13.2 Å². The molecule has 0 aromatic rings. The lowest BCUT2D eigenvalue weighted by Gasteiger charge is -2.33. The second-order valence-electron chi connectivity index (χ2n) is 7.57. The van der Waals surface area contributed by atoms with Gasteiger partial charge in [-0.2, -0.15) is 13.2 Å². The summed E-state index contributed by atoms with van der Waals surface area (Å²) in [5.74, 6) is -2.29. The fraction of sp³-hybridized carbons (Fsp3) is 0.867. The highest BCUT2D eigenvalue weighted by atomic mass is 19.4. The summed E-state index contributed by atoms with van der Waals surface area (Å²) in [4.78, 5) is 23.3. The van der Waals surface area contributed by atoms with Crippen molar-refractivity contribution in [1.82, 2.24) is 0 Å². The summed E-state index contributed by atoms with van der Waals surface area (Å²) < 4.78 is 44.5. The molecular formula is C15H25F3O4. The smallest absolute Gasteiger partial charge is 0.422 e. The third-order valence-corrected chi connectivity index (χ3v) is 2.88. The van der Waals surface area contributed by atoms with Gasteiger partial charge in [0.1, 0.15) is 0 Å². The van der Waals surface area contributed by atoms with Crippen molar-refractivity contribution in [3.63, 3.8) is 0 Å². The van der Waals surface area contributed by atoms with Gasteiger partial charge in [-0.05, 0) is 17.3 Å². The molecule has 0 spiro atoms. The second-order valence-corrected chi connectivity index (χ2v) is 7.57. The zero-order valence-electron chi connectivity index (χ0n) is 14.0. The molecule has 0 saturated heterocycles. The molecule has 0 aromatic heterocycles. The van der Waals surface area contributed by atoms with Crippen LogP contribution >= 0.6 is 0 Å². The number of rotatable bonds is 5. The first-order valence-electron chi connectivity index (χ1n) is 7.01. The first kappa shape index (κ1) is 20.7. The van der Waals surface area contributed by atoms with Crippen molar-refractivity contribution in [3.05, 3.63) is 0 Å². The van der Waals surface area contributed by atoms with Crippen molar-refractivity contribution in [3.8, 4) is 0 Å². The second kappa shape index (κ2) is 7.33. The average molecular weight is 326 g/mol. The highest BCUT2D eigenvalue weighted by Gasteiger charge is 2.36. The molecule has 130 valence electrons. The number of carbonyl (C=O) groups is 2. The van der Waals surface area contributed by atoms with Crippen LogP contribution in [-0.4, -0.2) is 31.3 Å². The lowest BCUT2D eigenvalue weighted by atomic mass is 9.72. The van der Waals surface area contributed by atoms with E-state index in [-0.39, 0.29) is 10.8 Å². The Morgan fingerprint density at radius 1 is 0.955 bits per heavy atom. The molecule has 0 fully saturated rings. The van der Waals surface area contributed by atoms with E-state index in [1.54, 1.807) is 0 Å². The molecule has 1 unspecified atom stereocenters. The van der Waals surface area contributed by atoms with Gasteiger partial charge in [-0.25, -0.2) is 4.79 Å². The highest BCUT2D eigenvalue weighted by molar-refractivity contribution is 5.78. The summed E-state index contributed by atoms with van der Waals surface area (Å²) >= 11 is 0. The first-order valence-corrected chi connectivity index (χ1v) is 7.01. The molecule has 0 rings (SSSR count). The molecule has 1 atom stereocenters. The van der Waals surface area contributed by atoms with E-state index in [9.17, 15) is 22.8 Å². The van der Waals surface area contributed by atoms with Crippen LogP contribution in [0.1, 0.15) is 48.0 Å². The van der Waals surface area contributed by atoms with Crippen LogP contribution in [0.3, 0.4) is 0 Å². The van der Waals surface area contributed by atoms with Crippen molar-refractivity contribution in [1.29, 1.82) is 0 Å². The van der Waals surface area contributed by atoms with Gasteiger partial charge in [0.25, 0.3) is 0 Å². The molecule has 0 N–H and O–H groups in total. The quantitative estimate of drug-likeness (QED) is 0.722. The van der Waals surface area contributed by atoms with Crippen LogP contribution < -0.4 is 0 Å². The lowest BCUT2D eigenvalue weighted by molar-refractivity contribution is -0.190. The molecule has 0 aliphatic carbocycles. The average Bonchev–Trinajstić information content (AvgIpc) is 2.27. The van der Waals surface area contributed by atoms with Gasteiger partial charge in [-0.15, -0.1) is 0 Å². The maximum Gasteiger partial charge on any atom is 0.422 e. The Bertz CT molecular complexity index is 389. The minimum Gasteiger partial charge on any atom is -0.454 e. The van der Waals surface area contributed by atoms with E-state index in [1.165, 1.54) is 0 Å². The topological polar surface area (TPSA) is 52.6 Å². The van der Waals surface area contributed by atoms with Gasteiger partial charge in [-0.1, -0.05) is 41.5 Å². The number of alkyl halides is 3. The predicted molar refractivity (Wildman–Crippen MR) is 75.0 cm³/mol. The minimum atomic E-state index is -4.60. The third kappa shape index (κ3) is 9.63. The molecule has 0 aliphatic rings. The number of esters is 2. The monoisotopic (exact) mass is 326 g/mol. The fourth-order valence-corrected chi connectivity index (χ4v) is 1.79. The molecule has 22 heavy (non-hydrogen) atoms. The number of hydrogen-bond donors (Lipinski definition) is 0. The van der Waals surface area contributed by atoms with Crippen molar-refractivity contribution >= 4 is 11.9 Å². The summed E-state index contributed by atoms with van der Waals surface area (Å²) in [5, 5.41) is 0. The standard InChI is InChI=1S/C15H25F3O4/c1-13(2,3)7-10(14(4,5)6)12(20)21-8-11(19)22-9-15(16,17)18/h10H,7-9H2,1-6H3. The zero-order valence-corrected chi connectivity index (χ0v) is 14.0. The Balaban J connectivity index is 4.56. The molecule has 0 bridgehead atoms. The maximum absolute atomic E-state index is 12.1. The van der Waals surface area contributed by atoms with E-state index in [0.717, 1.165) is 0 Å². The Hall–Kier alpha value is -1.27. The Labute approximate surface area is 129 Å². The van der Waals surface area contributed by atoms with E-state index in [2.05, 4.69) is 4.74 Å². The number of ether oxygens (including phenoxy) is 2. The van der Waals surface area contributed by atoms with Crippen LogP contribution in [0, 0.1) is 16.7 Å². The van der Waals surface area contributed by atoms with E-state index < -0.39 is 37.2 Å². The number of halogens is 3. The molecule has 0 saturated carbocycles. The van der Waals surface area contributed by atoms with E-state index >= 15 is 0 Å².